The zero-order valence-corrected chi connectivity index (χ0v) is 9.85. The minimum atomic E-state index is -0.577. The number of carbonyl (C=O) groups excluding carboxylic acids is 2. The normalized spacial score (nSPS) is 9.95. The van der Waals surface area contributed by atoms with Crippen molar-refractivity contribution < 1.29 is 18.4 Å². The smallest absolute Gasteiger partial charge is 0.305 e. The molecular weight excluding hydrogens is 251 g/mol. The number of halogens is 1. The molecular formula is C13H11FN2O3. The van der Waals surface area contributed by atoms with Gasteiger partial charge in [0.15, 0.2) is 5.76 Å². The Labute approximate surface area is 108 Å². The maximum absolute atomic E-state index is 13.3. The molecule has 0 fully saturated rings. The summed E-state index contributed by atoms with van der Waals surface area (Å²) in [5.41, 5.74) is 4.61. The molecule has 2 amide bonds. The topological polar surface area (TPSA) is 71.3 Å². The third kappa shape index (κ3) is 3.41. The molecule has 98 valence electrons. The van der Waals surface area contributed by atoms with Crippen molar-refractivity contribution in [3.05, 3.63) is 59.8 Å². The van der Waals surface area contributed by atoms with Gasteiger partial charge in [0.2, 0.25) is 5.91 Å². The summed E-state index contributed by atoms with van der Waals surface area (Å²) in [6, 6.07) is 8.95. The van der Waals surface area contributed by atoms with Gasteiger partial charge in [0.05, 0.1) is 12.7 Å². The van der Waals surface area contributed by atoms with Gasteiger partial charge in [0, 0.05) is 0 Å². The van der Waals surface area contributed by atoms with Gasteiger partial charge in [0.25, 0.3) is 0 Å². The maximum Gasteiger partial charge on any atom is 0.305 e. The quantitative estimate of drug-likeness (QED) is 0.822. The number of nitrogens with one attached hydrogen (secondary N) is 2. The van der Waals surface area contributed by atoms with Crippen molar-refractivity contribution in [1.82, 2.24) is 10.9 Å². The first-order valence-electron chi connectivity index (χ1n) is 5.53. The van der Waals surface area contributed by atoms with Crippen LogP contribution in [0.4, 0.5) is 4.39 Å². The molecule has 0 bridgehead atoms. The fourth-order valence-corrected chi connectivity index (χ4v) is 1.45. The Kier molecular flexibility index (Phi) is 3.92. The van der Waals surface area contributed by atoms with Gasteiger partial charge < -0.3 is 4.42 Å². The highest BCUT2D eigenvalue weighted by Crippen LogP contribution is 2.06. The lowest BCUT2D eigenvalue weighted by Crippen LogP contribution is -2.42. The van der Waals surface area contributed by atoms with E-state index in [1.165, 1.54) is 30.5 Å². The lowest BCUT2D eigenvalue weighted by atomic mass is 10.1. The molecule has 2 N–H and O–H groups in total. The zero-order chi connectivity index (χ0) is 13.7. The van der Waals surface area contributed by atoms with Crippen LogP contribution >= 0.6 is 0 Å². The minimum absolute atomic E-state index is 0.0752. The molecule has 0 aliphatic carbocycles. The van der Waals surface area contributed by atoms with E-state index in [1.807, 2.05) is 0 Å². The average molecular weight is 262 g/mol. The number of rotatable bonds is 3. The van der Waals surface area contributed by atoms with Crippen LogP contribution in [-0.2, 0) is 11.2 Å². The highest BCUT2D eigenvalue weighted by molar-refractivity contribution is 5.93. The highest BCUT2D eigenvalue weighted by atomic mass is 19.1. The third-order valence-electron chi connectivity index (χ3n) is 2.37. The number of hydrogen-bond donors (Lipinski definition) is 2. The average Bonchev–Trinajstić information content (AvgIpc) is 2.93. The molecule has 0 spiro atoms. The van der Waals surface area contributed by atoms with E-state index in [-0.39, 0.29) is 17.7 Å². The zero-order valence-electron chi connectivity index (χ0n) is 9.85. The second-order valence-corrected chi connectivity index (χ2v) is 3.75. The van der Waals surface area contributed by atoms with E-state index in [0.29, 0.717) is 0 Å². The van der Waals surface area contributed by atoms with Gasteiger partial charge in [0.1, 0.15) is 5.82 Å². The molecule has 2 aromatic rings. The Morgan fingerprint density at radius 3 is 2.58 bits per heavy atom. The van der Waals surface area contributed by atoms with Crippen molar-refractivity contribution in [2.45, 2.75) is 6.42 Å². The van der Waals surface area contributed by atoms with Crippen LogP contribution in [-0.4, -0.2) is 11.8 Å². The molecule has 5 nitrogen and oxygen atoms in total. The Morgan fingerprint density at radius 2 is 1.89 bits per heavy atom. The first-order valence-corrected chi connectivity index (χ1v) is 5.53. The second kappa shape index (κ2) is 5.81. The van der Waals surface area contributed by atoms with Crippen LogP contribution in [0.3, 0.4) is 0 Å². The number of benzene rings is 1. The molecule has 6 heteroatoms. The predicted octanol–water partition coefficient (Wildman–Crippen LogP) is 1.42. The van der Waals surface area contributed by atoms with Crippen molar-refractivity contribution in [2.75, 3.05) is 0 Å². The number of hydrogen-bond acceptors (Lipinski definition) is 3. The van der Waals surface area contributed by atoms with Crippen LogP contribution in [0.25, 0.3) is 0 Å². The summed E-state index contributed by atoms with van der Waals surface area (Å²) >= 11 is 0. The van der Waals surface area contributed by atoms with Gasteiger partial charge in [-0.15, -0.1) is 0 Å². The lowest BCUT2D eigenvalue weighted by molar-refractivity contribution is -0.121. The Hall–Kier alpha value is -2.63. The van der Waals surface area contributed by atoms with Crippen molar-refractivity contribution in [3.8, 4) is 0 Å². The van der Waals surface area contributed by atoms with E-state index in [2.05, 4.69) is 10.9 Å². The van der Waals surface area contributed by atoms with Gasteiger partial charge in [-0.1, -0.05) is 18.2 Å². The molecule has 0 aliphatic rings. The van der Waals surface area contributed by atoms with Crippen LogP contribution in [0.2, 0.25) is 0 Å². The van der Waals surface area contributed by atoms with Crippen molar-refractivity contribution >= 4 is 11.8 Å². The molecule has 0 saturated heterocycles. The summed E-state index contributed by atoms with van der Waals surface area (Å²) in [7, 11) is 0. The summed E-state index contributed by atoms with van der Waals surface area (Å²) < 4.78 is 18.1. The third-order valence-corrected chi connectivity index (χ3v) is 2.37. The van der Waals surface area contributed by atoms with Gasteiger partial charge in [-0.2, -0.15) is 0 Å². The van der Waals surface area contributed by atoms with Crippen LogP contribution in [0.5, 0.6) is 0 Å². The molecule has 0 aliphatic heterocycles. The van der Waals surface area contributed by atoms with E-state index < -0.39 is 17.6 Å². The number of amides is 2. The van der Waals surface area contributed by atoms with Crippen LogP contribution < -0.4 is 10.9 Å². The molecule has 1 heterocycles. The molecule has 0 unspecified atom stereocenters. The van der Waals surface area contributed by atoms with E-state index in [1.54, 1.807) is 12.1 Å². The van der Waals surface area contributed by atoms with Gasteiger partial charge in [-0.05, 0) is 23.8 Å². The largest absolute Gasteiger partial charge is 0.459 e. The molecule has 1 aromatic carbocycles. The summed E-state index contributed by atoms with van der Waals surface area (Å²) in [5, 5.41) is 0. The Balaban J connectivity index is 1.86. The van der Waals surface area contributed by atoms with E-state index in [9.17, 15) is 14.0 Å². The van der Waals surface area contributed by atoms with Crippen LogP contribution in [0, 0.1) is 5.82 Å². The SMILES string of the molecule is O=C(Cc1ccccc1F)NNC(=O)c1ccco1. The molecule has 0 radical (unpaired) electrons. The first-order chi connectivity index (χ1) is 9.16. The summed E-state index contributed by atoms with van der Waals surface area (Å²) in [6.45, 7) is 0. The predicted molar refractivity (Wildman–Crippen MR) is 64.4 cm³/mol. The number of carbonyl (C=O) groups is 2. The van der Waals surface area contributed by atoms with Crippen molar-refractivity contribution in [1.29, 1.82) is 0 Å². The lowest BCUT2D eigenvalue weighted by Gasteiger charge is -2.06. The molecule has 2 rings (SSSR count). The first kappa shape index (κ1) is 12.8. The van der Waals surface area contributed by atoms with Gasteiger partial charge in [-0.3, -0.25) is 20.4 Å². The Morgan fingerprint density at radius 1 is 1.11 bits per heavy atom. The second-order valence-electron chi connectivity index (χ2n) is 3.75. The highest BCUT2D eigenvalue weighted by Gasteiger charge is 2.11. The molecule has 0 atom stereocenters. The van der Waals surface area contributed by atoms with Crippen molar-refractivity contribution in [2.24, 2.45) is 0 Å². The maximum atomic E-state index is 13.3. The van der Waals surface area contributed by atoms with Gasteiger partial charge in [-0.25, -0.2) is 4.39 Å². The van der Waals surface area contributed by atoms with E-state index >= 15 is 0 Å². The van der Waals surface area contributed by atoms with Crippen molar-refractivity contribution in [3.63, 3.8) is 0 Å². The molecule has 19 heavy (non-hydrogen) atoms. The van der Waals surface area contributed by atoms with Crippen LogP contribution in [0.15, 0.2) is 47.1 Å². The van der Waals surface area contributed by atoms with E-state index in [0.717, 1.165) is 0 Å². The van der Waals surface area contributed by atoms with Crippen LogP contribution in [0.1, 0.15) is 16.1 Å². The summed E-state index contributed by atoms with van der Waals surface area (Å²) in [6.07, 6.45) is 1.18. The fraction of sp³-hybridized carbons (Fsp3) is 0.0769. The summed E-state index contributed by atoms with van der Waals surface area (Å²) in [5.74, 6) is -1.49. The van der Waals surface area contributed by atoms with E-state index in [4.69, 9.17) is 4.42 Å². The Bertz CT molecular complexity index is 581. The van der Waals surface area contributed by atoms with Gasteiger partial charge >= 0.3 is 5.91 Å². The fourth-order valence-electron chi connectivity index (χ4n) is 1.45. The number of furan rings is 1. The monoisotopic (exact) mass is 262 g/mol. The standard InChI is InChI=1S/C13H11FN2O3/c14-10-5-2-1-4-9(10)8-12(17)15-16-13(18)11-6-3-7-19-11/h1-7H,8H2,(H,15,17)(H,16,18). The molecule has 0 saturated carbocycles. The summed E-state index contributed by atoms with van der Waals surface area (Å²) in [4.78, 5) is 23.0. The number of hydrazine groups is 1. The molecule has 1 aromatic heterocycles. The minimum Gasteiger partial charge on any atom is -0.459 e.